The molecule has 1 aliphatic heterocycles. The van der Waals surface area contributed by atoms with Gasteiger partial charge in [-0.05, 0) is 37.0 Å². The topological polar surface area (TPSA) is 93.4 Å². The lowest BCUT2D eigenvalue weighted by atomic mass is 10.0. The highest BCUT2D eigenvalue weighted by Crippen LogP contribution is 2.33. The number of amides is 2. The van der Waals surface area contributed by atoms with Crippen LogP contribution in [0.25, 0.3) is 0 Å². The van der Waals surface area contributed by atoms with Crippen molar-refractivity contribution >= 4 is 29.9 Å². The zero-order valence-electron chi connectivity index (χ0n) is 14.5. The maximum absolute atomic E-state index is 12.1. The second-order valence-corrected chi connectivity index (χ2v) is 6.26. The Bertz CT molecular complexity index is 607. The van der Waals surface area contributed by atoms with Crippen molar-refractivity contribution in [3.63, 3.8) is 0 Å². The fraction of sp³-hybridized carbons (Fsp3) is 0.529. The minimum absolute atomic E-state index is 0. The normalized spacial score (nSPS) is 18.6. The van der Waals surface area contributed by atoms with Crippen molar-refractivity contribution in [1.29, 1.82) is 0 Å². The average Bonchev–Trinajstić information content (AvgIpc) is 2.52. The first-order chi connectivity index (χ1) is 10.8. The predicted octanol–water partition coefficient (Wildman–Crippen LogP) is 2.38. The standard InChI is InChI=1S/C17H25N3O3.ClH/c1-5-13-16(21)20-12-7-6-11(8-14(12)23-13)10(4)19-17(22)15(18)9(2)3;/h6-10,13,15H,5,18H2,1-4H3,(H,19,22)(H,20,21);1H/t10?,13?,15-;/m0./s1. The van der Waals surface area contributed by atoms with E-state index in [2.05, 4.69) is 10.6 Å². The summed E-state index contributed by atoms with van der Waals surface area (Å²) in [6.07, 6.45) is 0.127. The molecule has 134 valence electrons. The third-order valence-corrected chi connectivity index (χ3v) is 4.08. The summed E-state index contributed by atoms with van der Waals surface area (Å²) < 4.78 is 5.73. The maximum atomic E-state index is 12.1. The van der Waals surface area contributed by atoms with Crippen molar-refractivity contribution in [2.75, 3.05) is 5.32 Å². The molecule has 2 unspecified atom stereocenters. The minimum atomic E-state index is -0.532. The Kier molecular flexibility index (Phi) is 7.05. The average molecular weight is 356 g/mol. The van der Waals surface area contributed by atoms with Gasteiger partial charge in [-0.25, -0.2) is 0 Å². The van der Waals surface area contributed by atoms with Gasteiger partial charge in [-0.1, -0.05) is 26.8 Å². The molecule has 7 heteroatoms. The molecule has 6 nitrogen and oxygen atoms in total. The number of carbonyl (C=O) groups is 2. The number of anilines is 1. The number of hydrogen-bond acceptors (Lipinski definition) is 4. The van der Waals surface area contributed by atoms with Gasteiger partial charge >= 0.3 is 0 Å². The number of halogens is 1. The van der Waals surface area contributed by atoms with Crippen LogP contribution in [0.1, 0.15) is 45.7 Å². The molecule has 0 aromatic heterocycles. The Hall–Kier alpha value is -1.79. The molecular formula is C17H26ClN3O3. The largest absolute Gasteiger partial charge is 0.478 e. The molecule has 2 rings (SSSR count). The molecule has 0 spiro atoms. The molecule has 1 aromatic rings. The number of ether oxygens (including phenoxy) is 1. The number of nitrogens with one attached hydrogen (secondary N) is 2. The minimum Gasteiger partial charge on any atom is -0.478 e. The van der Waals surface area contributed by atoms with E-state index in [0.717, 1.165) is 5.56 Å². The Labute approximate surface area is 148 Å². The van der Waals surface area contributed by atoms with Gasteiger partial charge in [0.05, 0.1) is 17.8 Å². The summed E-state index contributed by atoms with van der Waals surface area (Å²) in [5, 5.41) is 5.74. The molecule has 4 N–H and O–H groups in total. The lowest BCUT2D eigenvalue weighted by Gasteiger charge is -2.26. The summed E-state index contributed by atoms with van der Waals surface area (Å²) in [4.78, 5) is 23.9. The van der Waals surface area contributed by atoms with Gasteiger partial charge in [-0.2, -0.15) is 0 Å². The van der Waals surface area contributed by atoms with Crippen molar-refractivity contribution in [1.82, 2.24) is 5.32 Å². The second kappa shape index (κ2) is 8.35. The highest BCUT2D eigenvalue weighted by molar-refractivity contribution is 5.97. The van der Waals surface area contributed by atoms with Crippen LogP contribution in [0.3, 0.4) is 0 Å². The van der Waals surface area contributed by atoms with Gasteiger partial charge in [-0.3, -0.25) is 9.59 Å². The van der Waals surface area contributed by atoms with Gasteiger partial charge in [0.1, 0.15) is 5.75 Å². The molecule has 0 fully saturated rings. The molecule has 0 saturated heterocycles. The van der Waals surface area contributed by atoms with E-state index >= 15 is 0 Å². The van der Waals surface area contributed by atoms with Crippen LogP contribution in [0.4, 0.5) is 5.69 Å². The molecule has 0 saturated carbocycles. The van der Waals surface area contributed by atoms with Gasteiger partial charge in [0.2, 0.25) is 5.91 Å². The highest BCUT2D eigenvalue weighted by Gasteiger charge is 2.27. The summed E-state index contributed by atoms with van der Waals surface area (Å²) in [6, 6.07) is 4.78. The fourth-order valence-electron chi connectivity index (χ4n) is 2.39. The molecule has 3 atom stereocenters. The molecular weight excluding hydrogens is 330 g/mol. The summed E-state index contributed by atoms with van der Waals surface area (Å²) >= 11 is 0. The summed E-state index contributed by atoms with van der Waals surface area (Å²) in [5.74, 6) is 0.403. The van der Waals surface area contributed by atoms with Crippen molar-refractivity contribution in [3.8, 4) is 5.75 Å². The molecule has 1 heterocycles. The second-order valence-electron chi connectivity index (χ2n) is 6.26. The van der Waals surface area contributed by atoms with Crippen molar-refractivity contribution in [2.45, 2.75) is 52.3 Å². The Morgan fingerprint density at radius 2 is 2.04 bits per heavy atom. The third-order valence-electron chi connectivity index (χ3n) is 4.08. The van der Waals surface area contributed by atoms with Crippen LogP contribution in [0.15, 0.2) is 18.2 Å². The summed E-state index contributed by atoms with van der Waals surface area (Å²) in [5.41, 5.74) is 7.42. The molecule has 24 heavy (non-hydrogen) atoms. The van der Waals surface area contributed by atoms with E-state index in [-0.39, 0.29) is 36.2 Å². The quantitative estimate of drug-likeness (QED) is 0.755. The maximum Gasteiger partial charge on any atom is 0.265 e. The Morgan fingerprint density at radius 3 is 2.62 bits per heavy atom. The van der Waals surface area contributed by atoms with E-state index in [0.29, 0.717) is 17.9 Å². The fourth-order valence-corrected chi connectivity index (χ4v) is 2.39. The van der Waals surface area contributed by atoms with E-state index in [9.17, 15) is 9.59 Å². The van der Waals surface area contributed by atoms with Gasteiger partial charge in [0.15, 0.2) is 6.10 Å². The van der Waals surface area contributed by atoms with Crippen LogP contribution in [-0.2, 0) is 9.59 Å². The van der Waals surface area contributed by atoms with Crippen LogP contribution in [0.5, 0.6) is 5.75 Å². The van der Waals surface area contributed by atoms with Crippen LogP contribution >= 0.6 is 12.4 Å². The van der Waals surface area contributed by atoms with Gasteiger partial charge < -0.3 is 21.1 Å². The number of hydrogen-bond donors (Lipinski definition) is 3. The lowest BCUT2D eigenvalue weighted by Crippen LogP contribution is -2.44. The van der Waals surface area contributed by atoms with Crippen molar-refractivity contribution < 1.29 is 14.3 Å². The van der Waals surface area contributed by atoms with Gasteiger partial charge in [0.25, 0.3) is 5.91 Å². The first-order valence-electron chi connectivity index (χ1n) is 8.00. The summed E-state index contributed by atoms with van der Waals surface area (Å²) in [7, 11) is 0. The van der Waals surface area contributed by atoms with Crippen LogP contribution < -0.4 is 21.1 Å². The first kappa shape index (κ1) is 20.3. The predicted molar refractivity (Wildman–Crippen MR) is 96.4 cm³/mol. The van der Waals surface area contributed by atoms with Crippen LogP contribution in [0, 0.1) is 5.92 Å². The molecule has 0 bridgehead atoms. The number of fused-ring (bicyclic) bond motifs is 1. The van der Waals surface area contributed by atoms with E-state index in [1.165, 1.54) is 0 Å². The van der Waals surface area contributed by atoms with E-state index in [1.807, 2.05) is 39.8 Å². The monoisotopic (exact) mass is 355 g/mol. The van der Waals surface area contributed by atoms with E-state index < -0.39 is 12.1 Å². The summed E-state index contributed by atoms with van der Waals surface area (Å²) in [6.45, 7) is 7.62. The third kappa shape index (κ3) is 4.39. The number of benzene rings is 1. The number of nitrogens with two attached hydrogens (primary N) is 1. The zero-order chi connectivity index (χ0) is 17.1. The number of carbonyl (C=O) groups excluding carboxylic acids is 2. The zero-order valence-corrected chi connectivity index (χ0v) is 15.3. The van der Waals surface area contributed by atoms with Crippen molar-refractivity contribution in [3.05, 3.63) is 23.8 Å². The smallest absolute Gasteiger partial charge is 0.265 e. The van der Waals surface area contributed by atoms with Crippen LogP contribution in [-0.4, -0.2) is 24.0 Å². The molecule has 2 amide bonds. The SMILES string of the molecule is CCC1Oc2cc(C(C)NC(=O)[C@@H](N)C(C)C)ccc2NC1=O.Cl. The highest BCUT2D eigenvalue weighted by atomic mass is 35.5. The van der Waals surface area contributed by atoms with Crippen molar-refractivity contribution in [2.24, 2.45) is 11.7 Å². The van der Waals surface area contributed by atoms with E-state index in [1.54, 1.807) is 6.07 Å². The number of rotatable bonds is 5. The van der Waals surface area contributed by atoms with Crippen LogP contribution in [0.2, 0.25) is 0 Å². The Morgan fingerprint density at radius 1 is 1.38 bits per heavy atom. The molecule has 0 radical (unpaired) electrons. The Balaban J connectivity index is 0.00000288. The molecule has 1 aliphatic rings. The van der Waals surface area contributed by atoms with E-state index in [4.69, 9.17) is 10.5 Å². The molecule has 0 aliphatic carbocycles. The van der Waals surface area contributed by atoms with Gasteiger partial charge in [0, 0.05) is 0 Å². The molecule has 1 aromatic carbocycles. The first-order valence-corrected chi connectivity index (χ1v) is 8.00. The lowest BCUT2D eigenvalue weighted by molar-refractivity contribution is -0.124. The van der Waals surface area contributed by atoms with Gasteiger partial charge in [-0.15, -0.1) is 12.4 Å².